The zero-order chi connectivity index (χ0) is 13.8. The van der Waals surface area contributed by atoms with Gasteiger partial charge in [0.1, 0.15) is 0 Å². The number of nitrogens with zero attached hydrogens (tertiary/aromatic N) is 2. The number of hydrogen-bond acceptors (Lipinski definition) is 2. The highest BCUT2D eigenvalue weighted by molar-refractivity contribution is 6.30. The van der Waals surface area contributed by atoms with Crippen LogP contribution in [-0.4, -0.2) is 16.3 Å². The molecule has 0 amide bonds. The van der Waals surface area contributed by atoms with Gasteiger partial charge in [-0.1, -0.05) is 23.7 Å². The third kappa shape index (κ3) is 3.82. The maximum Gasteiger partial charge on any atom is 0.0596 e. The van der Waals surface area contributed by atoms with Gasteiger partial charge in [-0.3, -0.25) is 4.68 Å². The Labute approximate surface area is 119 Å². The fourth-order valence-electron chi connectivity index (χ4n) is 2.39. The van der Waals surface area contributed by atoms with Crippen molar-refractivity contribution < 1.29 is 0 Å². The maximum absolute atomic E-state index is 6.01. The van der Waals surface area contributed by atoms with Crippen molar-refractivity contribution in [1.29, 1.82) is 0 Å². The molecule has 1 aromatic heterocycles. The highest BCUT2D eigenvalue weighted by Gasteiger charge is 2.12. The molecule has 1 unspecified atom stereocenters. The Morgan fingerprint density at radius 2 is 2.11 bits per heavy atom. The predicted octanol–water partition coefficient (Wildman–Crippen LogP) is 2.74. The lowest BCUT2D eigenvalue weighted by Gasteiger charge is -2.15. The van der Waals surface area contributed by atoms with E-state index in [1.807, 2.05) is 36.9 Å². The molecule has 2 aromatic rings. The molecule has 2 rings (SSSR count). The number of aryl methyl sites for hydroxylation is 2. The molecule has 0 aliphatic rings. The Balaban J connectivity index is 2.06. The van der Waals surface area contributed by atoms with Crippen LogP contribution in [-0.2, 0) is 19.9 Å². The van der Waals surface area contributed by atoms with Crippen LogP contribution in [0.3, 0.4) is 0 Å². The Morgan fingerprint density at radius 1 is 1.32 bits per heavy atom. The van der Waals surface area contributed by atoms with E-state index in [0.29, 0.717) is 12.5 Å². The molecule has 3 nitrogen and oxygen atoms in total. The highest BCUT2D eigenvalue weighted by atomic mass is 35.5. The van der Waals surface area contributed by atoms with Gasteiger partial charge < -0.3 is 5.73 Å². The first-order valence-electron chi connectivity index (χ1n) is 6.52. The van der Waals surface area contributed by atoms with E-state index in [-0.39, 0.29) is 0 Å². The SMILES string of the molecule is Cc1cc(CC(CN)Cc2cccc(Cl)c2)n(C)n1. The van der Waals surface area contributed by atoms with E-state index in [2.05, 4.69) is 17.2 Å². The fraction of sp³-hybridized carbons (Fsp3) is 0.400. The van der Waals surface area contributed by atoms with E-state index in [1.165, 1.54) is 11.3 Å². The van der Waals surface area contributed by atoms with Crippen molar-refractivity contribution in [3.8, 4) is 0 Å². The van der Waals surface area contributed by atoms with Crippen LogP contribution >= 0.6 is 11.6 Å². The molecule has 4 heteroatoms. The van der Waals surface area contributed by atoms with E-state index >= 15 is 0 Å². The van der Waals surface area contributed by atoms with Crippen LogP contribution in [0.15, 0.2) is 30.3 Å². The summed E-state index contributed by atoms with van der Waals surface area (Å²) in [6.07, 6.45) is 1.89. The molecule has 2 N–H and O–H groups in total. The normalized spacial score (nSPS) is 12.6. The first-order valence-corrected chi connectivity index (χ1v) is 6.90. The lowest BCUT2D eigenvalue weighted by molar-refractivity contribution is 0.511. The number of halogens is 1. The van der Waals surface area contributed by atoms with E-state index in [0.717, 1.165) is 23.6 Å². The van der Waals surface area contributed by atoms with Crippen molar-refractivity contribution in [3.05, 3.63) is 52.3 Å². The number of rotatable bonds is 5. The molecule has 0 aliphatic heterocycles. The summed E-state index contributed by atoms with van der Waals surface area (Å²) in [6, 6.07) is 10.1. The van der Waals surface area contributed by atoms with Gasteiger partial charge >= 0.3 is 0 Å². The summed E-state index contributed by atoms with van der Waals surface area (Å²) in [5.74, 6) is 0.410. The predicted molar refractivity (Wildman–Crippen MR) is 79.3 cm³/mol. The molecule has 0 saturated carbocycles. The van der Waals surface area contributed by atoms with E-state index < -0.39 is 0 Å². The van der Waals surface area contributed by atoms with Gasteiger partial charge in [0.2, 0.25) is 0 Å². The second kappa shape index (κ2) is 6.22. The third-order valence-corrected chi connectivity index (χ3v) is 3.58. The van der Waals surface area contributed by atoms with E-state index in [1.54, 1.807) is 0 Å². The lowest BCUT2D eigenvalue weighted by atomic mass is 9.95. The standard InChI is InChI=1S/C15H20ClN3/c1-11-6-15(19(2)18-11)9-13(10-17)7-12-4-3-5-14(16)8-12/h3-6,8,13H,7,9-10,17H2,1-2H3. The third-order valence-electron chi connectivity index (χ3n) is 3.34. The van der Waals surface area contributed by atoms with E-state index in [4.69, 9.17) is 17.3 Å². The number of benzene rings is 1. The van der Waals surface area contributed by atoms with Crippen LogP contribution in [0.4, 0.5) is 0 Å². The smallest absolute Gasteiger partial charge is 0.0596 e. The van der Waals surface area contributed by atoms with Gasteiger partial charge in [-0.2, -0.15) is 5.10 Å². The molecule has 0 radical (unpaired) electrons. The average molecular weight is 278 g/mol. The molecule has 0 saturated heterocycles. The Morgan fingerprint density at radius 3 is 2.68 bits per heavy atom. The largest absolute Gasteiger partial charge is 0.330 e. The zero-order valence-electron chi connectivity index (χ0n) is 11.4. The van der Waals surface area contributed by atoms with Crippen LogP contribution in [0.25, 0.3) is 0 Å². The van der Waals surface area contributed by atoms with Crippen LogP contribution in [0.5, 0.6) is 0 Å². The zero-order valence-corrected chi connectivity index (χ0v) is 12.2. The monoisotopic (exact) mass is 277 g/mol. The molecule has 1 heterocycles. The molecule has 19 heavy (non-hydrogen) atoms. The number of hydrogen-bond donors (Lipinski definition) is 1. The molecule has 102 valence electrons. The van der Waals surface area contributed by atoms with Crippen LogP contribution in [0.2, 0.25) is 5.02 Å². The van der Waals surface area contributed by atoms with Crippen molar-refractivity contribution in [2.24, 2.45) is 18.7 Å². The molecular weight excluding hydrogens is 258 g/mol. The minimum atomic E-state index is 0.410. The van der Waals surface area contributed by atoms with Gasteiger partial charge in [0.15, 0.2) is 0 Å². The minimum Gasteiger partial charge on any atom is -0.330 e. The van der Waals surface area contributed by atoms with Crippen molar-refractivity contribution in [2.75, 3.05) is 6.54 Å². The van der Waals surface area contributed by atoms with Gasteiger partial charge in [-0.25, -0.2) is 0 Å². The first-order chi connectivity index (χ1) is 9.08. The molecule has 0 fully saturated rings. The van der Waals surface area contributed by atoms with Gasteiger partial charge in [0.05, 0.1) is 5.69 Å². The van der Waals surface area contributed by atoms with Crippen molar-refractivity contribution >= 4 is 11.6 Å². The van der Waals surface area contributed by atoms with Crippen LogP contribution < -0.4 is 5.73 Å². The minimum absolute atomic E-state index is 0.410. The quantitative estimate of drug-likeness (QED) is 0.913. The van der Waals surface area contributed by atoms with E-state index in [9.17, 15) is 0 Å². The van der Waals surface area contributed by atoms with Crippen molar-refractivity contribution in [3.63, 3.8) is 0 Å². The van der Waals surface area contributed by atoms with Crippen molar-refractivity contribution in [1.82, 2.24) is 9.78 Å². The second-order valence-electron chi connectivity index (χ2n) is 5.04. The molecule has 1 atom stereocenters. The topological polar surface area (TPSA) is 43.8 Å². The Hall–Kier alpha value is -1.32. The fourth-order valence-corrected chi connectivity index (χ4v) is 2.60. The summed E-state index contributed by atoms with van der Waals surface area (Å²) in [7, 11) is 1.98. The van der Waals surface area contributed by atoms with Gasteiger partial charge in [-0.15, -0.1) is 0 Å². The van der Waals surface area contributed by atoms with Gasteiger partial charge in [-0.05, 0) is 56.0 Å². The highest BCUT2D eigenvalue weighted by Crippen LogP contribution is 2.17. The molecule has 0 aliphatic carbocycles. The van der Waals surface area contributed by atoms with Gasteiger partial charge in [0, 0.05) is 17.8 Å². The van der Waals surface area contributed by atoms with Crippen LogP contribution in [0, 0.1) is 12.8 Å². The van der Waals surface area contributed by atoms with Crippen LogP contribution in [0.1, 0.15) is 17.0 Å². The Kier molecular flexibility index (Phi) is 4.61. The second-order valence-corrected chi connectivity index (χ2v) is 5.48. The summed E-state index contributed by atoms with van der Waals surface area (Å²) in [6.45, 7) is 2.68. The molecular formula is C15H20ClN3. The summed E-state index contributed by atoms with van der Waals surface area (Å²) in [5, 5.41) is 5.16. The number of aromatic nitrogens is 2. The summed E-state index contributed by atoms with van der Waals surface area (Å²) in [5.41, 5.74) is 9.42. The molecule has 0 spiro atoms. The lowest BCUT2D eigenvalue weighted by Crippen LogP contribution is -2.20. The molecule has 0 bridgehead atoms. The Bertz CT molecular complexity index is 548. The summed E-state index contributed by atoms with van der Waals surface area (Å²) in [4.78, 5) is 0. The molecule has 1 aromatic carbocycles. The maximum atomic E-state index is 6.01. The van der Waals surface area contributed by atoms with Crippen molar-refractivity contribution in [2.45, 2.75) is 19.8 Å². The average Bonchev–Trinajstić information content (AvgIpc) is 2.67. The van der Waals surface area contributed by atoms with Gasteiger partial charge in [0.25, 0.3) is 0 Å². The number of nitrogens with two attached hydrogens (primary N) is 1. The summed E-state index contributed by atoms with van der Waals surface area (Å²) >= 11 is 6.01. The summed E-state index contributed by atoms with van der Waals surface area (Å²) < 4.78 is 1.94. The first kappa shape index (κ1) is 14.1.